The molecule has 0 unspecified atom stereocenters. The Morgan fingerprint density at radius 3 is 2.50 bits per heavy atom. The Bertz CT molecular complexity index is 820. The fourth-order valence-electron chi connectivity index (χ4n) is 2.23. The Kier molecular flexibility index (Phi) is 5.58. The molecule has 2 aromatic rings. The summed E-state index contributed by atoms with van der Waals surface area (Å²) >= 11 is 0. The summed E-state index contributed by atoms with van der Waals surface area (Å²) < 4.78 is 10.5. The van der Waals surface area contributed by atoms with Gasteiger partial charge >= 0.3 is 0 Å². The van der Waals surface area contributed by atoms with Gasteiger partial charge in [0.15, 0.2) is 11.5 Å². The van der Waals surface area contributed by atoms with Crippen molar-refractivity contribution in [3.8, 4) is 17.6 Å². The van der Waals surface area contributed by atoms with Crippen molar-refractivity contribution in [2.75, 3.05) is 19.5 Å². The van der Waals surface area contributed by atoms with E-state index in [-0.39, 0.29) is 5.57 Å². The van der Waals surface area contributed by atoms with Crippen molar-refractivity contribution >= 4 is 17.7 Å². The van der Waals surface area contributed by atoms with Gasteiger partial charge in [0.2, 0.25) is 0 Å². The minimum Gasteiger partial charge on any atom is -0.493 e. The number of para-hydroxylation sites is 2. The van der Waals surface area contributed by atoms with Crippen LogP contribution in [0.4, 0.5) is 5.69 Å². The lowest BCUT2D eigenvalue weighted by Gasteiger charge is -2.11. The first kappa shape index (κ1) is 17.1. The number of ether oxygens (including phenoxy) is 2. The lowest BCUT2D eigenvalue weighted by atomic mass is 10.1. The maximum atomic E-state index is 12.4. The van der Waals surface area contributed by atoms with Gasteiger partial charge in [0.1, 0.15) is 11.6 Å². The SMILES string of the molecule is COc1cccc(/C=C(/C#N)C(=O)Nc2ccccc2C)c1OC. The average molecular weight is 322 g/mol. The molecule has 0 aliphatic carbocycles. The molecule has 0 spiro atoms. The third-order valence-corrected chi connectivity index (χ3v) is 3.49. The summed E-state index contributed by atoms with van der Waals surface area (Å²) in [6.45, 7) is 1.89. The lowest BCUT2D eigenvalue weighted by molar-refractivity contribution is -0.112. The van der Waals surface area contributed by atoms with E-state index < -0.39 is 5.91 Å². The lowest BCUT2D eigenvalue weighted by Crippen LogP contribution is -2.14. The van der Waals surface area contributed by atoms with Crippen molar-refractivity contribution in [2.45, 2.75) is 6.92 Å². The van der Waals surface area contributed by atoms with Crippen LogP contribution in [0.2, 0.25) is 0 Å². The molecule has 0 aromatic heterocycles. The molecule has 1 N–H and O–H groups in total. The zero-order valence-electron chi connectivity index (χ0n) is 13.8. The molecule has 0 bridgehead atoms. The first-order chi connectivity index (χ1) is 11.6. The van der Waals surface area contributed by atoms with Crippen molar-refractivity contribution < 1.29 is 14.3 Å². The second kappa shape index (κ2) is 7.84. The largest absolute Gasteiger partial charge is 0.493 e. The number of nitrogens with zero attached hydrogens (tertiary/aromatic N) is 1. The Morgan fingerprint density at radius 1 is 1.12 bits per heavy atom. The molecule has 0 aliphatic heterocycles. The smallest absolute Gasteiger partial charge is 0.266 e. The average Bonchev–Trinajstić information content (AvgIpc) is 2.60. The van der Waals surface area contributed by atoms with Crippen molar-refractivity contribution in [3.05, 3.63) is 59.2 Å². The van der Waals surface area contributed by atoms with E-state index in [0.717, 1.165) is 5.56 Å². The number of carbonyl (C=O) groups excluding carboxylic acids is 1. The summed E-state index contributed by atoms with van der Waals surface area (Å²) in [7, 11) is 3.04. The molecule has 0 aliphatic rings. The fraction of sp³-hybridized carbons (Fsp3) is 0.158. The maximum absolute atomic E-state index is 12.4. The van der Waals surface area contributed by atoms with Crippen LogP contribution in [0, 0.1) is 18.3 Å². The molecule has 24 heavy (non-hydrogen) atoms. The van der Waals surface area contributed by atoms with E-state index in [1.807, 2.05) is 31.2 Å². The number of nitriles is 1. The third-order valence-electron chi connectivity index (χ3n) is 3.49. The van der Waals surface area contributed by atoms with E-state index in [0.29, 0.717) is 22.7 Å². The van der Waals surface area contributed by atoms with E-state index in [4.69, 9.17) is 9.47 Å². The quantitative estimate of drug-likeness (QED) is 0.675. The van der Waals surface area contributed by atoms with Gasteiger partial charge in [-0.15, -0.1) is 0 Å². The van der Waals surface area contributed by atoms with Crippen LogP contribution >= 0.6 is 0 Å². The number of hydrogen-bond acceptors (Lipinski definition) is 4. The Morgan fingerprint density at radius 2 is 1.88 bits per heavy atom. The zero-order valence-corrected chi connectivity index (χ0v) is 13.8. The monoisotopic (exact) mass is 322 g/mol. The van der Waals surface area contributed by atoms with E-state index in [9.17, 15) is 10.1 Å². The third kappa shape index (κ3) is 3.73. The van der Waals surface area contributed by atoms with Crippen LogP contribution in [0.5, 0.6) is 11.5 Å². The molecule has 1 amide bonds. The van der Waals surface area contributed by atoms with E-state index in [1.54, 1.807) is 24.3 Å². The maximum Gasteiger partial charge on any atom is 0.266 e. The molecular weight excluding hydrogens is 304 g/mol. The van der Waals surface area contributed by atoms with Gasteiger partial charge in [-0.3, -0.25) is 4.79 Å². The highest BCUT2D eigenvalue weighted by molar-refractivity contribution is 6.10. The predicted molar refractivity (Wildman–Crippen MR) is 92.9 cm³/mol. The zero-order chi connectivity index (χ0) is 17.5. The van der Waals surface area contributed by atoms with Gasteiger partial charge < -0.3 is 14.8 Å². The summed E-state index contributed by atoms with van der Waals surface area (Å²) in [4.78, 5) is 12.4. The van der Waals surface area contributed by atoms with Crippen LogP contribution < -0.4 is 14.8 Å². The van der Waals surface area contributed by atoms with Crippen LogP contribution in [-0.4, -0.2) is 20.1 Å². The van der Waals surface area contributed by atoms with Crippen molar-refractivity contribution in [2.24, 2.45) is 0 Å². The van der Waals surface area contributed by atoms with Gasteiger partial charge in [0.05, 0.1) is 14.2 Å². The van der Waals surface area contributed by atoms with Crippen LogP contribution in [-0.2, 0) is 4.79 Å². The number of methoxy groups -OCH3 is 2. The van der Waals surface area contributed by atoms with Gasteiger partial charge in [-0.2, -0.15) is 5.26 Å². The van der Waals surface area contributed by atoms with Crippen LogP contribution in [0.1, 0.15) is 11.1 Å². The summed E-state index contributed by atoms with van der Waals surface area (Å²) in [5.74, 6) is 0.524. The van der Waals surface area contributed by atoms with Crippen molar-refractivity contribution in [1.82, 2.24) is 0 Å². The molecule has 122 valence electrons. The molecule has 0 radical (unpaired) electrons. The first-order valence-electron chi connectivity index (χ1n) is 7.30. The topological polar surface area (TPSA) is 71.3 Å². The molecule has 0 saturated heterocycles. The number of rotatable bonds is 5. The minimum atomic E-state index is -0.475. The number of hydrogen-bond donors (Lipinski definition) is 1. The molecular formula is C19H18N2O3. The number of amides is 1. The highest BCUT2D eigenvalue weighted by atomic mass is 16.5. The van der Waals surface area contributed by atoms with Crippen LogP contribution in [0.3, 0.4) is 0 Å². The summed E-state index contributed by atoms with van der Waals surface area (Å²) in [5.41, 5.74) is 2.15. The number of aryl methyl sites for hydroxylation is 1. The fourth-order valence-corrected chi connectivity index (χ4v) is 2.23. The van der Waals surface area contributed by atoms with E-state index >= 15 is 0 Å². The van der Waals surface area contributed by atoms with Crippen LogP contribution in [0.25, 0.3) is 6.08 Å². The van der Waals surface area contributed by atoms with Gasteiger partial charge in [0, 0.05) is 11.3 Å². The normalized spacial score (nSPS) is 10.7. The van der Waals surface area contributed by atoms with Crippen molar-refractivity contribution in [3.63, 3.8) is 0 Å². The molecule has 0 atom stereocenters. The minimum absolute atomic E-state index is 0.0233. The molecule has 5 heteroatoms. The van der Waals surface area contributed by atoms with Crippen molar-refractivity contribution in [1.29, 1.82) is 5.26 Å². The Hall–Kier alpha value is -3.26. The molecule has 0 heterocycles. The predicted octanol–water partition coefficient (Wildman–Crippen LogP) is 3.56. The van der Waals surface area contributed by atoms with E-state index in [1.165, 1.54) is 20.3 Å². The second-order valence-corrected chi connectivity index (χ2v) is 5.02. The Balaban J connectivity index is 2.35. The standard InChI is InChI=1S/C19H18N2O3/c1-13-7-4-5-9-16(13)21-19(22)15(12-20)11-14-8-6-10-17(23-2)18(14)24-3/h4-11H,1-3H3,(H,21,22)/b15-11-. The van der Waals surface area contributed by atoms with Crippen LogP contribution in [0.15, 0.2) is 48.0 Å². The molecule has 0 fully saturated rings. The van der Waals surface area contributed by atoms with Gasteiger partial charge in [-0.1, -0.05) is 30.3 Å². The molecule has 5 nitrogen and oxygen atoms in total. The number of carbonyl (C=O) groups is 1. The number of nitrogens with one attached hydrogen (secondary N) is 1. The summed E-state index contributed by atoms with van der Waals surface area (Å²) in [5, 5.41) is 12.1. The highest BCUT2D eigenvalue weighted by Gasteiger charge is 2.14. The second-order valence-electron chi connectivity index (χ2n) is 5.02. The summed E-state index contributed by atoms with van der Waals surface area (Å²) in [6, 6.07) is 14.6. The molecule has 2 aromatic carbocycles. The molecule has 0 saturated carbocycles. The Labute approximate surface area is 141 Å². The molecule has 2 rings (SSSR count). The van der Waals surface area contributed by atoms with Gasteiger partial charge in [-0.05, 0) is 30.7 Å². The van der Waals surface area contributed by atoms with E-state index in [2.05, 4.69) is 5.32 Å². The summed E-state index contributed by atoms with van der Waals surface area (Å²) in [6.07, 6.45) is 1.48. The number of anilines is 1. The highest BCUT2D eigenvalue weighted by Crippen LogP contribution is 2.32. The number of benzene rings is 2. The van der Waals surface area contributed by atoms with Gasteiger partial charge in [-0.25, -0.2) is 0 Å². The van der Waals surface area contributed by atoms with Gasteiger partial charge in [0.25, 0.3) is 5.91 Å². The first-order valence-corrected chi connectivity index (χ1v) is 7.30.